The van der Waals surface area contributed by atoms with Crippen molar-refractivity contribution in [3.8, 4) is 0 Å². The van der Waals surface area contributed by atoms with Crippen LogP contribution in [0.2, 0.25) is 0 Å². The first kappa shape index (κ1) is 12.0. The fourth-order valence-corrected chi connectivity index (χ4v) is 1.28. The number of carbonyl (C=O) groups is 2. The summed E-state index contributed by atoms with van der Waals surface area (Å²) in [6.45, 7) is 3.28. The summed E-state index contributed by atoms with van der Waals surface area (Å²) in [6.07, 6.45) is 1.32. The lowest BCUT2D eigenvalue weighted by Crippen LogP contribution is -2.41. The molecule has 0 aromatic heterocycles. The van der Waals surface area contributed by atoms with Crippen LogP contribution in [0.1, 0.15) is 5.56 Å². The number of carboxylic acids is 1. The molecule has 0 aliphatic rings. The summed E-state index contributed by atoms with van der Waals surface area (Å²) in [4.78, 5) is 21.9. The zero-order valence-electron chi connectivity index (χ0n) is 8.72. The number of nitrogens with one attached hydrogen (secondary N) is 1. The van der Waals surface area contributed by atoms with Gasteiger partial charge < -0.3 is 10.4 Å². The molecule has 0 aliphatic heterocycles. The molecule has 0 aliphatic carbocycles. The maximum atomic E-state index is 11.0. The molecule has 1 aromatic rings. The average Bonchev–Trinajstić information content (AvgIpc) is 2.29. The van der Waals surface area contributed by atoms with Crippen molar-refractivity contribution in [2.24, 2.45) is 0 Å². The summed E-state index contributed by atoms with van der Waals surface area (Å²) < 4.78 is 0. The minimum absolute atomic E-state index is 0.260. The van der Waals surface area contributed by atoms with E-state index in [-0.39, 0.29) is 6.42 Å². The second kappa shape index (κ2) is 5.70. The molecule has 4 nitrogen and oxygen atoms in total. The molecule has 0 spiro atoms. The van der Waals surface area contributed by atoms with Crippen LogP contribution in [0, 0.1) is 0 Å². The molecule has 16 heavy (non-hydrogen) atoms. The van der Waals surface area contributed by atoms with Gasteiger partial charge in [-0.25, -0.2) is 4.79 Å². The predicted octanol–water partition coefficient (Wildman–Crippen LogP) is 0.984. The smallest absolute Gasteiger partial charge is 0.326 e. The van der Waals surface area contributed by atoms with Gasteiger partial charge in [-0.2, -0.15) is 0 Å². The van der Waals surface area contributed by atoms with Crippen molar-refractivity contribution >= 4 is 11.9 Å². The summed E-state index contributed by atoms with van der Waals surface area (Å²) in [5.41, 5.74) is 0.860. The van der Waals surface area contributed by atoms with Crippen LogP contribution in [0.25, 0.3) is 0 Å². The zero-order valence-corrected chi connectivity index (χ0v) is 8.72. The minimum atomic E-state index is -1.06. The van der Waals surface area contributed by atoms with Crippen LogP contribution in [0.4, 0.5) is 0 Å². The van der Waals surface area contributed by atoms with E-state index >= 15 is 0 Å². The van der Waals surface area contributed by atoms with Crippen LogP contribution < -0.4 is 5.32 Å². The third-order valence-corrected chi connectivity index (χ3v) is 2.08. The standard InChI is InChI=1S/C12H13NO3/c1-2-11(14)13-10(12(15)16)8-9-6-4-3-5-7-9/h2-7,10H,1,8H2,(H,13,14)(H,15,16). The van der Waals surface area contributed by atoms with Crippen molar-refractivity contribution < 1.29 is 14.7 Å². The van der Waals surface area contributed by atoms with Crippen LogP contribution in [0.15, 0.2) is 43.0 Å². The average molecular weight is 219 g/mol. The van der Waals surface area contributed by atoms with E-state index in [1.165, 1.54) is 0 Å². The van der Waals surface area contributed by atoms with Crippen molar-refractivity contribution in [2.45, 2.75) is 12.5 Å². The first-order chi connectivity index (χ1) is 7.63. The molecule has 0 bridgehead atoms. The Bertz CT molecular complexity index is 387. The summed E-state index contributed by atoms with van der Waals surface area (Å²) in [5.74, 6) is -1.54. The second-order valence-electron chi connectivity index (χ2n) is 3.29. The number of hydrogen-bond acceptors (Lipinski definition) is 2. The van der Waals surface area contributed by atoms with Crippen molar-refractivity contribution in [3.05, 3.63) is 48.6 Å². The minimum Gasteiger partial charge on any atom is -0.480 e. The van der Waals surface area contributed by atoms with Gasteiger partial charge in [0.15, 0.2) is 0 Å². The predicted molar refractivity (Wildman–Crippen MR) is 59.9 cm³/mol. The highest BCUT2D eigenvalue weighted by Crippen LogP contribution is 2.03. The van der Waals surface area contributed by atoms with Gasteiger partial charge in [0.25, 0.3) is 0 Å². The molecule has 84 valence electrons. The number of aliphatic carboxylic acids is 1. The Kier molecular flexibility index (Phi) is 4.27. The van der Waals surface area contributed by atoms with E-state index in [2.05, 4.69) is 11.9 Å². The summed E-state index contributed by atoms with van der Waals surface area (Å²) in [7, 11) is 0. The molecule has 0 fully saturated rings. The number of hydrogen-bond donors (Lipinski definition) is 2. The highest BCUT2D eigenvalue weighted by molar-refractivity contribution is 5.90. The normalized spacial score (nSPS) is 11.5. The van der Waals surface area contributed by atoms with E-state index in [0.29, 0.717) is 0 Å². The molecular weight excluding hydrogens is 206 g/mol. The van der Waals surface area contributed by atoms with Gasteiger partial charge in [0.1, 0.15) is 6.04 Å². The molecule has 1 unspecified atom stereocenters. The van der Waals surface area contributed by atoms with Crippen molar-refractivity contribution in [3.63, 3.8) is 0 Å². The van der Waals surface area contributed by atoms with E-state index in [9.17, 15) is 9.59 Å². The van der Waals surface area contributed by atoms with E-state index in [1.807, 2.05) is 30.3 Å². The summed E-state index contributed by atoms with van der Waals surface area (Å²) >= 11 is 0. The number of carboxylic acid groups (broad SMARTS) is 1. The largest absolute Gasteiger partial charge is 0.480 e. The van der Waals surface area contributed by atoms with Gasteiger partial charge in [-0.1, -0.05) is 36.9 Å². The number of amides is 1. The van der Waals surface area contributed by atoms with Crippen molar-refractivity contribution in [2.75, 3.05) is 0 Å². The summed E-state index contributed by atoms with van der Waals surface area (Å²) in [5, 5.41) is 11.3. The van der Waals surface area contributed by atoms with Gasteiger partial charge in [0.2, 0.25) is 5.91 Å². The maximum absolute atomic E-state index is 11.0. The lowest BCUT2D eigenvalue weighted by molar-refractivity contribution is -0.141. The fourth-order valence-electron chi connectivity index (χ4n) is 1.28. The first-order valence-corrected chi connectivity index (χ1v) is 4.83. The molecule has 1 amide bonds. The second-order valence-corrected chi connectivity index (χ2v) is 3.29. The fraction of sp³-hybridized carbons (Fsp3) is 0.167. The Hall–Kier alpha value is -2.10. The molecule has 0 saturated heterocycles. The van der Waals surface area contributed by atoms with E-state index in [1.54, 1.807) is 0 Å². The molecule has 2 N–H and O–H groups in total. The maximum Gasteiger partial charge on any atom is 0.326 e. The van der Waals surface area contributed by atoms with Gasteiger partial charge in [-0.05, 0) is 11.6 Å². The Morgan fingerprint density at radius 2 is 2.00 bits per heavy atom. The van der Waals surface area contributed by atoms with Crippen LogP contribution in [0.3, 0.4) is 0 Å². The van der Waals surface area contributed by atoms with E-state index in [0.717, 1.165) is 11.6 Å². The molecule has 4 heteroatoms. The first-order valence-electron chi connectivity index (χ1n) is 4.83. The quantitative estimate of drug-likeness (QED) is 0.725. The molecule has 0 heterocycles. The Labute approximate surface area is 93.6 Å². The van der Waals surface area contributed by atoms with Crippen molar-refractivity contribution in [1.82, 2.24) is 5.32 Å². The molecule has 1 aromatic carbocycles. The topological polar surface area (TPSA) is 66.4 Å². The molecular formula is C12H13NO3. The molecule has 1 atom stereocenters. The third-order valence-electron chi connectivity index (χ3n) is 2.08. The van der Waals surface area contributed by atoms with E-state index in [4.69, 9.17) is 5.11 Å². The number of carbonyl (C=O) groups excluding carboxylic acids is 1. The van der Waals surface area contributed by atoms with Crippen LogP contribution >= 0.6 is 0 Å². The SMILES string of the molecule is C=CC(=O)NC(Cc1ccccc1)C(=O)O. The Balaban J connectivity index is 2.69. The lowest BCUT2D eigenvalue weighted by atomic mass is 10.1. The zero-order chi connectivity index (χ0) is 12.0. The molecule has 1 rings (SSSR count). The Morgan fingerprint density at radius 3 is 2.50 bits per heavy atom. The van der Waals surface area contributed by atoms with Gasteiger partial charge in [0.05, 0.1) is 0 Å². The highest BCUT2D eigenvalue weighted by Gasteiger charge is 2.18. The molecule has 0 radical (unpaired) electrons. The van der Waals surface area contributed by atoms with Gasteiger partial charge in [-0.15, -0.1) is 0 Å². The Morgan fingerprint density at radius 1 is 1.38 bits per heavy atom. The third kappa shape index (κ3) is 3.57. The van der Waals surface area contributed by atoms with Crippen LogP contribution in [-0.2, 0) is 16.0 Å². The molecule has 0 saturated carbocycles. The lowest BCUT2D eigenvalue weighted by Gasteiger charge is -2.13. The van der Waals surface area contributed by atoms with E-state index < -0.39 is 17.9 Å². The van der Waals surface area contributed by atoms with Gasteiger partial charge >= 0.3 is 5.97 Å². The van der Waals surface area contributed by atoms with Crippen LogP contribution in [-0.4, -0.2) is 23.0 Å². The van der Waals surface area contributed by atoms with Gasteiger partial charge in [-0.3, -0.25) is 4.79 Å². The number of rotatable bonds is 5. The number of benzene rings is 1. The van der Waals surface area contributed by atoms with Gasteiger partial charge in [0, 0.05) is 6.42 Å². The highest BCUT2D eigenvalue weighted by atomic mass is 16.4. The van der Waals surface area contributed by atoms with Crippen LogP contribution in [0.5, 0.6) is 0 Å². The monoisotopic (exact) mass is 219 g/mol. The summed E-state index contributed by atoms with van der Waals surface area (Å²) in [6, 6.07) is 8.20. The van der Waals surface area contributed by atoms with Crippen molar-refractivity contribution in [1.29, 1.82) is 0 Å².